The Balaban J connectivity index is 1.51. The molecule has 2 atom stereocenters. The maximum absolute atomic E-state index is 13.2. The van der Waals surface area contributed by atoms with Crippen LogP contribution in [-0.2, 0) is 11.3 Å². The zero-order chi connectivity index (χ0) is 23.2. The quantitative estimate of drug-likeness (QED) is 0.596. The molecule has 6 heteroatoms. The van der Waals surface area contributed by atoms with Gasteiger partial charge in [0.2, 0.25) is 5.91 Å². The van der Waals surface area contributed by atoms with Crippen LogP contribution in [0.5, 0.6) is 5.75 Å². The summed E-state index contributed by atoms with van der Waals surface area (Å²) in [6, 6.07) is 12.7. The van der Waals surface area contributed by atoms with Crippen LogP contribution in [0.1, 0.15) is 43.9 Å². The first kappa shape index (κ1) is 23.8. The molecule has 0 unspecified atom stereocenters. The average Bonchev–Trinajstić information content (AvgIpc) is 3.59. The molecule has 6 nitrogen and oxygen atoms in total. The molecule has 1 aromatic heterocycles. The van der Waals surface area contributed by atoms with Gasteiger partial charge in [-0.3, -0.25) is 9.69 Å². The molecular weight excluding hydrogens is 412 g/mol. The van der Waals surface area contributed by atoms with Crippen LogP contribution in [0, 0.1) is 11.8 Å². The first-order chi connectivity index (χ1) is 16.0. The van der Waals surface area contributed by atoms with Gasteiger partial charge in [-0.15, -0.1) is 0 Å². The number of hydrogen-bond donors (Lipinski definition) is 1. The summed E-state index contributed by atoms with van der Waals surface area (Å²) < 4.78 is 5.52. The van der Waals surface area contributed by atoms with E-state index in [4.69, 9.17) is 4.74 Å². The summed E-state index contributed by atoms with van der Waals surface area (Å²) in [4.78, 5) is 23.7. The van der Waals surface area contributed by atoms with E-state index < -0.39 is 0 Å². The van der Waals surface area contributed by atoms with Crippen molar-refractivity contribution in [2.24, 2.45) is 11.8 Å². The van der Waals surface area contributed by atoms with Crippen LogP contribution in [0.4, 0.5) is 0 Å². The molecule has 0 aliphatic carbocycles. The minimum atomic E-state index is 0.0234. The van der Waals surface area contributed by atoms with Crippen molar-refractivity contribution in [2.75, 3.05) is 52.9 Å². The summed E-state index contributed by atoms with van der Waals surface area (Å²) in [5.74, 6) is 1.98. The molecule has 1 aromatic carbocycles. The molecule has 0 bridgehead atoms. The number of aromatic nitrogens is 1. The van der Waals surface area contributed by atoms with Crippen molar-refractivity contribution in [3.8, 4) is 5.75 Å². The van der Waals surface area contributed by atoms with Crippen LogP contribution in [0.3, 0.4) is 0 Å². The summed E-state index contributed by atoms with van der Waals surface area (Å²) in [6.45, 7) is 11.9. The maximum atomic E-state index is 13.2. The third kappa shape index (κ3) is 6.18. The van der Waals surface area contributed by atoms with Crippen molar-refractivity contribution >= 4 is 5.91 Å². The fourth-order valence-corrected chi connectivity index (χ4v) is 5.44. The lowest BCUT2D eigenvalue weighted by molar-refractivity contribution is -0.135. The predicted octanol–water partition coefficient (Wildman–Crippen LogP) is 3.82. The number of aromatic amines is 1. The van der Waals surface area contributed by atoms with Gasteiger partial charge in [-0.1, -0.05) is 26.0 Å². The Morgan fingerprint density at radius 1 is 1.15 bits per heavy atom. The van der Waals surface area contributed by atoms with Crippen molar-refractivity contribution in [3.05, 3.63) is 53.9 Å². The Hall–Kier alpha value is -2.31. The SMILES string of the molecule is COc1cccc([C@H]2CN(Cc3ccc[nH]3)C[C@@H]2CN(CCN2CCCC2)C(=O)C(C)C)c1. The molecule has 1 amide bonds. The highest BCUT2D eigenvalue weighted by Crippen LogP contribution is 2.35. The van der Waals surface area contributed by atoms with E-state index in [1.165, 1.54) is 37.2 Å². The zero-order valence-corrected chi connectivity index (χ0v) is 20.5. The number of hydrogen-bond acceptors (Lipinski definition) is 4. The van der Waals surface area contributed by atoms with Crippen molar-refractivity contribution in [3.63, 3.8) is 0 Å². The van der Waals surface area contributed by atoms with Gasteiger partial charge >= 0.3 is 0 Å². The number of nitrogens with zero attached hydrogens (tertiary/aromatic N) is 3. The number of nitrogens with one attached hydrogen (secondary N) is 1. The molecular formula is C27H40N4O2. The second kappa shape index (κ2) is 11.2. The third-order valence-electron chi connectivity index (χ3n) is 7.24. The van der Waals surface area contributed by atoms with Gasteiger partial charge in [0.25, 0.3) is 0 Å². The predicted molar refractivity (Wildman–Crippen MR) is 132 cm³/mol. The number of likely N-dealkylation sites (tertiary alicyclic amines) is 2. The summed E-state index contributed by atoms with van der Waals surface area (Å²) in [7, 11) is 1.73. The molecule has 4 rings (SSSR count). The second-order valence-corrected chi connectivity index (χ2v) is 10.0. The molecule has 0 saturated carbocycles. The normalized spacial score (nSPS) is 21.7. The average molecular weight is 453 g/mol. The van der Waals surface area contributed by atoms with Gasteiger partial charge in [-0.25, -0.2) is 0 Å². The Morgan fingerprint density at radius 3 is 2.67 bits per heavy atom. The van der Waals surface area contributed by atoms with Crippen LogP contribution in [0.2, 0.25) is 0 Å². The number of carbonyl (C=O) groups is 1. The summed E-state index contributed by atoms with van der Waals surface area (Å²) in [6.07, 6.45) is 4.56. The van der Waals surface area contributed by atoms with Crippen LogP contribution < -0.4 is 4.74 Å². The number of benzene rings is 1. The molecule has 0 spiro atoms. The lowest BCUT2D eigenvalue weighted by Gasteiger charge is -2.31. The first-order valence-electron chi connectivity index (χ1n) is 12.5. The van der Waals surface area contributed by atoms with E-state index in [1.54, 1.807) is 7.11 Å². The molecule has 33 heavy (non-hydrogen) atoms. The van der Waals surface area contributed by atoms with Gasteiger partial charge in [0, 0.05) is 63.0 Å². The number of ether oxygens (including phenoxy) is 1. The van der Waals surface area contributed by atoms with E-state index in [-0.39, 0.29) is 11.8 Å². The minimum Gasteiger partial charge on any atom is -0.497 e. The molecule has 180 valence electrons. The summed E-state index contributed by atoms with van der Waals surface area (Å²) in [5, 5.41) is 0. The van der Waals surface area contributed by atoms with E-state index in [0.29, 0.717) is 11.8 Å². The van der Waals surface area contributed by atoms with Crippen molar-refractivity contribution in [2.45, 2.75) is 39.2 Å². The minimum absolute atomic E-state index is 0.0234. The standard InChI is InChI=1S/C27H40N4O2/c1-21(2)27(32)31(15-14-29-12-4-5-13-29)18-23-17-30(19-24-9-7-11-28-24)20-26(23)22-8-6-10-25(16-22)33-3/h6-11,16,21,23,26,28H,4-5,12-15,17-20H2,1-3H3/t23-,26-/m1/s1. The van der Waals surface area contributed by atoms with Crippen molar-refractivity contribution in [1.82, 2.24) is 19.7 Å². The monoisotopic (exact) mass is 452 g/mol. The van der Waals surface area contributed by atoms with E-state index in [9.17, 15) is 4.79 Å². The topological polar surface area (TPSA) is 51.8 Å². The fraction of sp³-hybridized carbons (Fsp3) is 0.593. The lowest BCUT2D eigenvalue weighted by Crippen LogP contribution is -2.43. The van der Waals surface area contributed by atoms with E-state index in [1.807, 2.05) is 26.1 Å². The second-order valence-electron chi connectivity index (χ2n) is 10.0. The number of amides is 1. The Kier molecular flexibility index (Phi) is 8.10. The zero-order valence-electron chi connectivity index (χ0n) is 20.5. The third-order valence-corrected chi connectivity index (χ3v) is 7.24. The van der Waals surface area contributed by atoms with Gasteiger partial charge in [0.15, 0.2) is 0 Å². The summed E-state index contributed by atoms with van der Waals surface area (Å²) in [5.41, 5.74) is 2.55. The molecule has 3 heterocycles. The Labute approximate surface area is 198 Å². The first-order valence-corrected chi connectivity index (χ1v) is 12.5. The Morgan fingerprint density at radius 2 is 1.97 bits per heavy atom. The lowest BCUT2D eigenvalue weighted by atomic mass is 9.88. The smallest absolute Gasteiger partial charge is 0.225 e. The van der Waals surface area contributed by atoms with Crippen LogP contribution in [0.15, 0.2) is 42.6 Å². The van der Waals surface area contributed by atoms with Gasteiger partial charge in [0.05, 0.1) is 7.11 Å². The molecule has 2 aliphatic heterocycles. The highest BCUT2D eigenvalue weighted by atomic mass is 16.5. The summed E-state index contributed by atoms with van der Waals surface area (Å²) >= 11 is 0. The molecule has 2 saturated heterocycles. The maximum Gasteiger partial charge on any atom is 0.225 e. The molecule has 0 radical (unpaired) electrons. The molecule has 2 fully saturated rings. The van der Waals surface area contributed by atoms with E-state index in [2.05, 4.69) is 50.0 Å². The van der Waals surface area contributed by atoms with Gasteiger partial charge in [0.1, 0.15) is 5.75 Å². The number of methoxy groups -OCH3 is 1. The Bertz CT molecular complexity index is 876. The van der Waals surface area contributed by atoms with Crippen LogP contribution in [0.25, 0.3) is 0 Å². The van der Waals surface area contributed by atoms with E-state index >= 15 is 0 Å². The molecule has 2 aromatic rings. The molecule has 2 aliphatic rings. The molecule has 1 N–H and O–H groups in total. The van der Waals surface area contributed by atoms with Gasteiger partial charge < -0.3 is 19.5 Å². The van der Waals surface area contributed by atoms with E-state index in [0.717, 1.165) is 45.0 Å². The van der Waals surface area contributed by atoms with Gasteiger partial charge in [-0.2, -0.15) is 0 Å². The number of carbonyl (C=O) groups excluding carboxylic acids is 1. The van der Waals surface area contributed by atoms with Gasteiger partial charge in [-0.05, 0) is 61.7 Å². The number of rotatable bonds is 10. The highest BCUT2D eigenvalue weighted by Gasteiger charge is 2.36. The van der Waals surface area contributed by atoms with Crippen molar-refractivity contribution in [1.29, 1.82) is 0 Å². The highest BCUT2D eigenvalue weighted by molar-refractivity contribution is 5.78. The largest absolute Gasteiger partial charge is 0.497 e. The fourth-order valence-electron chi connectivity index (χ4n) is 5.44. The van der Waals surface area contributed by atoms with Crippen LogP contribution >= 0.6 is 0 Å². The van der Waals surface area contributed by atoms with Crippen molar-refractivity contribution < 1.29 is 9.53 Å². The number of H-pyrrole nitrogens is 1. The van der Waals surface area contributed by atoms with Crippen LogP contribution in [-0.4, -0.2) is 78.5 Å².